The van der Waals surface area contributed by atoms with Gasteiger partial charge in [0, 0.05) is 75.1 Å². The molecule has 14 nitrogen and oxygen atoms in total. The van der Waals surface area contributed by atoms with Gasteiger partial charge in [0.05, 0.1) is 49.5 Å². The maximum Gasteiger partial charge on any atom is 0.416 e. The third-order valence-electron chi connectivity index (χ3n) is 15.9. The number of cyclic esters (lactones) is 2. The van der Waals surface area contributed by atoms with Crippen LogP contribution < -0.4 is 9.80 Å². The quantitative estimate of drug-likeness (QED) is 0.0844. The highest BCUT2D eigenvalue weighted by Crippen LogP contribution is 2.42. The molecular formula is C58H78F6N6O8Si. The predicted molar refractivity (Wildman–Crippen MR) is 291 cm³/mol. The van der Waals surface area contributed by atoms with Crippen LogP contribution in [-0.4, -0.2) is 122 Å². The maximum atomic E-state index is 13.6. The highest BCUT2D eigenvalue weighted by Gasteiger charge is 2.44. The average Bonchev–Trinajstić information content (AvgIpc) is 3.99. The second kappa shape index (κ2) is 25.1. The van der Waals surface area contributed by atoms with Gasteiger partial charge in [0.25, 0.3) is 0 Å². The Hall–Kier alpha value is -5.48. The Morgan fingerprint density at radius 2 is 1.01 bits per heavy atom. The van der Waals surface area contributed by atoms with Crippen molar-refractivity contribution in [1.82, 2.24) is 19.8 Å². The van der Waals surface area contributed by atoms with E-state index in [2.05, 4.69) is 48.6 Å². The Morgan fingerprint density at radius 3 is 1.38 bits per heavy atom. The number of amides is 2. The summed E-state index contributed by atoms with van der Waals surface area (Å²) < 4.78 is 110. The van der Waals surface area contributed by atoms with E-state index in [1.807, 2.05) is 39.1 Å². The number of pyridine rings is 2. The van der Waals surface area contributed by atoms with Crippen molar-refractivity contribution in [3.8, 4) is 0 Å². The third kappa shape index (κ3) is 14.9. The van der Waals surface area contributed by atoms with E-state index in [-0.39, 0.29) is 36.8 Å². The number of aryl methyl sites for hydroxylation is 4. The predicted octanol–water partition coefficient (Wildman–Crippen LogP) is 12.6. The molecule has 4 saturated heterocycles. The molecule has 2 amide bonds. The van der Waals surface area contributed by atoms with Gasteiger partial charge in [-0.1, -0.05) is 44.0 Å². The minimum absolute atomic E-state index is 0.0501. The maximum absolute atomic E-state index is 13.6. The number of carbonyl (C=O) groups is 2. The molecule has 1 N–H and O–H groups in total. The molecule has 21 heteroatoms. The molecule has 0 spiro atoms. The van der Waals surface area contributed by atoms with Gasteiger partial charge in [-0.2, -0.15) is 26.3 Å². The highest BCUT2D eigenvalue weighted by atomic mass is 28.4. The van der Waals surface area contributed by atoms with Crippen molar-refractivity contribution in [3.63, 3.8) is 0 Å². The summed E-state index contributed by atoms with van der Waals surface area (Å²) in [5.41, 5.74) is 3.57. The number of rotatable bonds is 16. The van der Waals surface area contributed by atoms with Crippen LogP contribution in [-0.2, 0) is 48.8 Å². The first kappa shape index (κ1) is 61.1. The number of ether oxygens (including phenoxy) is 4. The first-order chi connectivity index (χ1) is 37.1. The van der Waals surface area contributed by atoms with Crippen molar-refractivity contribution in [2.75, 3.05) is 62.5 Å². The van der Waals surface area contributed by atoms with Crippen molar-refractivity contribution in [2.24, 2.45) is 0 Å². The van der Waals surface area contributed by atoms with Gasteiger partial charge in [-0.3, -0.25) is 9.80 Å². The number of nitrogens with zero attached hydrogens (tertiary/aromatic N) is 6. The molecule has 4 atom stereocenters. The SMILES string of the molecule is Cc1cc([C@H]2OC(=O)N(Cc3cc(C)cnc3N(CCO)C3CCOCC3)[C@H]2C)cc(C(F)(F)F)c1.Cc1cc([C@H]2OC(=O)N(Cc3cc(C)cnc3N(CCO[Si](C)(C)C(C)(C)C)C3CCOCC3)[C@H]2C)cc(C(F)(F)F)c1. The molecule has 0 bridgehead atoms. The van der Waals surface area contributed by atoms with Gasteiger partial charge in [0.1, 0.15) is 23.8 Å². The molecule has 4 fully saturated rings. The summed E-state index contributed by atoms with van der Waals surface area (Å²) in [6, 6.07) is 11.0. The number of aromatic nitrogens is 2. The molecule has 8 rings (SSSR count). The van der Waals surface area contributed by atoms with Crippen LogP contribution in [0, 0.1) is 27.7 Å². The monoisotopic (exact) mass is 1130 g/mol. The number of carbonyl (C=O) groups excluding carboxylic acids is 2. The molecule has 2 aromatic heterocycles. The number of aliphatic hydroxyl groups is 1. The molecule has 434 valence electrons. The molecule has 0 aliphatic carbocycles. The lowest BCUT2D eigenvalue weighted by Gasteiger charge is -2.39. The van der Waals surface area contributed by atoms with E-state index in [9.17, 15) is 41.0 Å². The summed E-state index contributed by atoms with van der Waals surface area (Å²) in [7, 11) is -1.96. The average molecular weight is 1130 g/mol. The highest BCUT2D eigenvalue weighted by molar-refractivity contribution is 6.74. The van der Waals surface area contributed by atoms with Gasteiger partial charge in [-0.05, 0) is 144 Å². The van der Waals surface area contributed by atoms with Gasteiger partial charge in [-0.25, -0.2) is 19.6 Å². The Labute approximate surface area is 461 Å². The summed E-state index contributed by atoms with van der Waals surface area (Å²) in [5, 5.41) is 9.83. The van der Waals surface area contributed by atoms with Crippen LogP contribution in [0.3, 0.4) is 0 Å². The molecule has 4 aromatic rings. The molecule has 4 aliphatic heterocycles. The van der Waals surface area contributed by atoms with Crippen LogP contribution in [0.4, 0.5) is 47.6 Å². The fraction of sp³-hybridized carbons (Fsp3) is 0.586. The van der Waals surface area contributed by atoms with E-state index < -0.39 is 68.3 Å². The lowest BCUT2D eigenvalue weighted by atomic mass is 9.98. The number of aliphatic hydroxyl groups excluding tert-OH is 1. The normalized spacial score (nSPS) is 20.7. The zero-order chi connectivity index (χ0) is 57.8. The van der Waals surface area contributed by atoms with E-state index >= 15 is 0 Å². The second-order valence-electron chi connectivity index (χ2n) is 23.0. The molecule has 0 radical (unpaired) electrons. The zero-order valence-corrected chi connectivity index (χ0v) is 48.4. The molecular weight excluding hydrogens is 1050 g/mol. The van der Waals surface area contributed by atoms with Crippen molar-refractivity contribution in [1.29, 1.82) is 0 Å². The summed E-state index contributed by atoms with van der Waals surface area (Å²) in [5.74, 6) is 1.47. The van der Waals surface area contributed by atoms with Gasteiger partial charge < -0.3 is 38.3 Å². The number of anilines is 2. The topological polar surface area (TPSA) is 139 Å². The molecule has 4 aliphatic rings. The summed E-state index contributed by atoms with van der Waals surface area (Å²) in [6.45, 7) is 26.3. The van der Waals surface area contributed by atoms with Gasteiger partial charge in [-0.15, -0.1) is 0 Å². The van der Waals surface area contributed by atoms with Gasteiger partial charge in [0.15, 0.2) is 8.32 Å². The number of halogens is 6. The van der Waals surface area contributed by atoms with E-state index in [0.717, 1.165) is 78.0 Å². The second-order valence-corrected chi connectivity index (χ2v) is 27.8. The first-order valence-corrected chi connectivity index (χ1v) is 30.1. The largest absolute Gasteiger partial charge is 0.439 e. The van der Waals surface area contributed by atoms with Crippen molar-refractivity contribution < 1.29 is 64.4 Å². The third-order valence-corrected chi connectivity index (χ3v) is 20.4. The molecule has 79 heavy (non-hydrogen) atoms. The van der Waals surface area contributed by atoms with E-state index in [1.165, 1.54) is 4.90 Å². The number of alkyl halides is 6. The molecule has 0 unspecified atom stereocenters. The minimum atomic E-state index is -4.49. The molecule has 2 aromatic carbocycles. The zero-order valence-electron chi connectivity index (χ0n) is 47.4. The van der Waals surface area contributed by atoms with E-state index in [0.29, 0.717) is 74.2 Å². The standard InChI is InChI=1S/C32H46F3N3O4Si.C26H32F3N3O4/c1-21-15-24(18-26(17-21)32(33,34)35)28-23(3)38(30(39)42-28)20-25-16-22(2)19-36-29(25)37(27-9-12-40-13-10-27)11-14-41-43(7,8)31(4,5)6;1-16-10-19(13-21(12-16)26(27,28)29)23-18(3)32(25(34)36-23)15-20-11-17(2)14-30-24(20)31(6-7-33)22-4-8-35-9-5-22/h15-19,23,27-28H,9-14,20H2,1-8H3;10-14,18,22-23,33H,4-9,15H2,1-3H3/t23-,28-;18-,23-/m00/s1. The van der Waals surface area contributed by atoms with Crippen molar-refractivity contribution in [2.45, 2.75) is 168 Å². The minimum Gasteiger partial charge on any atom is -0.439 e. The smallest absolute Gasteiger partial charge is 0.416 e. The van der Waals surface area contributed by atoms with Crippen LogP contribution in [0.25, 0.3) is 0 Å². The number of hydrogen-bond acceptors (Lipinski definition) is 12. The van der Waals surface area contributed by atoms with Crippen molar-refractivity contribution >= 4 is 32.1 Å². The van der Waals surface area contributed by atoms with Crippen LogP contribution in [0.15, 0.2) is 60.9 Å². The lowest BCUT2D eigenvalue weighted by Crippen LogP contribution is -2.46. The number of benzene rings is 2. The van der Waals surface area contributed by atoms with Crippen LogP contribution in [0.5, 0.6) is 0 Å². The Morgan fingerprint density at radius 1 is 0.620 bits per heavy atom. The number of hydrogen-bond donors (Lipinski definition) is 1. The van der Waals surface area contributed by atoms with Crippen molar-refractivity contribution in [3.05, 3.63) is 117 Å². The fourth-order valence-corrected chi connectivity index (χ4v) is 11.6. The lowest BCUT2D eigenvalue weighted by molar-refractivity contribution is -0.138. The van der Waals surface area contributed by atoms with E-state index in [1.54, 1.807) is 44.0 Å². The summed E-state index contributed by atoms with van der Waals surface area (Å²) >= 11 is 0. The molecule has 6 heterocycles. The first-order valence-electron chi connectivity index (χ1n) is 27.2. The summed E-state index contributed by atoms with van der Waals surface area (Å²) in [4.78, 5) is 43.1. The van der Waals surface area contributed by atoms with Crippen LogP contribution in [0.2, 0.25) is 18.1 Å². The summed E-state index contributed by atoms with van der Waals surface area (Å²) in [6.07, 6.45) is -4.88. The van der Waals surface area contributed by atoms with E-state index in [4.69, 9.17) is 28.4 Å². The molecule has 0 saturated carbocycles. The Kier molecular flexibility index (Phi) is 19.4. The fourth-order valence-electron chi connectivity index (χ4n) is 10.6. The van der Waals surface area contributed by atoms with Gasteiger partial charge in [0.2, 0.25) is 0 Å². The van der Waals surface area contributed by atoms with Gasteiger partial charge >= 0.3 is 24.5 Å². The van der Waals surface area contributed by atoms with Crippen LogP contribution >= 0.6 is 0 Å². The Bertz CT molecular complexity index is 2750. The Balaban J connectivity index is 0.000000232. The van der Waals surface area contributed by atoms with Crippen LogP contribution in [0.1, 0.15) is 128 Å².